The summed E-state index contributed by atoms with van der Waals surface area (Å²) in [6, 6.07) is 0. The van der Waals surface area contributed by atoms with Gasteiger partial charge in [-0.15, -0.1) is 0 Å². The van der Waals surface area contributed by atoms with E-state index in [1.54, 1.807) is 0 Å². The van der Waals surface area contributed by atoms with Crippen LogP contribution in [0.5, 0.6) is 0 Å². The lowest BCUT2D eigenvalue weighted by Gasteiger charge is -2.12. The van der Waals surface area contributed by atoms with E-state index in [4.69, 9.17) is 19.3 Å². The Morgan fingerprint density at radius 1 is 1.33 bits per heavy atom. The third-order valence-corrected chi connectivity index (χ3v) is 1.56. The van der Waals surface area contributed by atoms with E-state index >= 15 is 0 Å². The maximum absolute atomic E-state index is 10.4. The SMILES string of the molecule is [CH2]C(CCOC(C)=O)OCCOCCO. The predicted molar refractivity (Wildman–Crippen MR) is 54.3 cm³/mol. The van der Waals surface area contributed by atoms with Gasteiger partial charge < -0.3 is 19.3 Å². The molecule has 1 radical (unpaired) electrons. The molecule has 0 saturated carbocycles. The monoisotopic (exact) mass is 219 g/mol. The minimum Gasteiger partial charge on any atom is -0.466 e. The number of hydrogen-bond donors (Lipinski definition) is 1. The molecule has 0 bridgehead atoms. The van der Waals surface area contributed by atoms with Gasteiger partial charge in [-0.05, 0) is 6.92 Å². The molecule has 89 valence electrons. The number of carbonyl (C=O) groups excluding carboxylic acids is 1. The summed E-state index contributed by atoms with van der Waals surface area (Å²) >= 11 is 0. The molecule has 0 saturated heterocycles. The minimum atomic E-state index is -0.298. The molecule has 0 aromatic rings. The largest absolute Gasteiger partial charge is 0.466 e. The first-order valence-electron chi connectivity index (χ1n) is 4.93. The van der Waals surface area contributed by atoms with Gasteiger partial charge in [0.25, 0.3) is 0 Å². The number of esters is 1. The maximum Gasteiger partial charge on any atom is 0.302 e. The molecule has 0 heterocycles. The molecule has 0 aliphatic carbocycles. The van der Waals surface area contributed by atoms with Crippen molar-refractivity contribution >= 4 is 5.97 Å². The van der Waals surface area contributed by atoms with Crippen LogP contribution in [-0.2, 0) is 19.0 Å². The molecule has 0 aliphatic rings. The number of ether oxygens (including phenoxy) is 3. The molecule has 0 aromatic heterocycles. The summed E-state index contributed by atoms with van der Waals surface area (Å²) in [5.41, 5.74) is 0. The van der Waals surface area contributed by atoms with Gasteiger partial charge >= 0.3 is 5.97 Å². The van der Waals surface area contributed by atoms with Gasteiger partial charge in [-0.3, -0.25) is 4.79 Å². The number of rotatable bonds is 9. The lowest BCUT2D eigenvalue weighted by atomic mass is 10.3. The number of aliphatic hydroxyl groups excluding tert-OH is 1. The molecule has 0 fully saturated rings. The van der Waals surface area contributed by atoms with Gasteiger partial charge in [-0.25, -0.2) is 0 Å². The zero-order valence-corrected chi connectivity index (χ0v) is 9.11. The number of carbonyl (C=O) groups is 1. The van der Waals surface area contributed by atoms with Gasteiger partial charge in [0.05, 0.1) is 39.1 Å². The molecule has 5 heteroatoms. The molecule has 1 unspecified atom stereocenters. The average molecular weight is 219 g/mol. The summed E-state index contributed by atoms with van der Waals surface area (Å²) in [7, 11) is 0. The molecule has 0 rings (SSSR count). The van der Waals surface area contributed by atoms with E-state index in [0.717, 1.165) is 0 Å². The molecule has 15 heavy (non-hydrogen) atoms. The van der Waals surface area contributed by atoms with Crippen molar-refractivity contribution in [3.05, 3.63) is 6.92 Å². The summed E-state index contributed by atoms with van der Waals surface area (Å²) < 4.78 is 15.0. The molecule has 0 aromatic carbocycles. The molecule has 0 aliphatic heterocycles. The zero-order chi connectivity index (χ0) is 11.5. The van der Waals surface area contributed by atoms with E-state index in [9.17, 15) is 4.79 Å². The van der Waals surface area contributed by atoms with Crippen molar-refractivity contribution in [1.29, 1.82) is 0 Å². The van der Waals surface area contributed by atoms with Crippen molar-refractivity contribution in [2.45, 2.75) is 19.4 Å². The third-order valence-electron chi connectivity index (χ3n) is 1.56. The van der Waals surface area contributed by atoms with E-state index in [-0.39, 0.29) is 18.7 Å². The van der Waals surface area contributed by atoms with Crippen molar-refractivity contribution in [1.82, 2.24) is 0 Å². The Morgan fingerprint density at radius 3 is 2.67 bits per heavy atom. The first kappa shape index (κ1) is 14.3. The highest BCUT2D eigenvalue weighted by Crippen LogP contribution is 1.97. The van der Waals surface area contributed by atoms with E-state index in [1.807, 2.05) is 0 Å². The fraction of sp³-hybridized carbons (Fsp3) is 0.800. The summed E-state index contributed by atoms with van der Waals surface area (Å²) in [6.07, 6.45) is 0.363. The van der Waals surface area contributed by atoms with Crippen molar-refractivity contribution < 1.29 is 24.1 Å². The zero-order valence-electron chi connectivity index (χ0n) is 9.11. The molecule has 0 spiro atoms. The Morgan fingerprint density at radius 2 is 2.07 bits per heavy atom. The fourth-order valence-corrected chi connectivity index (χ4v) is 0.858. The van der Waals surface area contributed by atoms with Gasteiger partial charge in [0.1, 0.15) is 0 Å². The van der Waals surface area contributed by atoms with Crippen LogP contribution in [-0.4, -0.2) is 50.2 Å². The van der Waals surface area contributed by atoms with Crippen LogP contribution >= 0.6 is 0 Å². The van der Waals surface area contributed by atoms with Crippen LogP contribution in [0, 0.1) is 6.92 Å². The van der Waals surface area contributed by atoms with Gasteiger partial charge in [0.15, 0.2) is 0 Å². The van der Waals surface area contributed by atoms with E-state index in [0.29, 0.717) is 32.8 Å². The Labute approximate surface area is 90.3 Å². The molecule has 1 N–H and O–H groups in total. The first-order valence-corrected chi connectivity index (χ1v) is 4.93. The number of hydrogen-bond acceptors (Lipinski definition) is 5. The predicted octanol–water partition coefficient (Wildman–Crippen LogP) is 0.168. The molecule has 5 nitrogen and oxygen atoms in total. The summed E-state index contributed by atoms with van der Waals surface area (Å²) in [4.78, 5) is 10.4. The van der Waals surface area contributed by atoms with Crippen LogP contribution in [0.1, 0.15) is 13.3 Å². The Kier molecular flexibility index (Phi) is 9.46. The van der Waals surface area contributed by atoms with E-state index in [1.165, 1.54) is 6.92 Å². The second kappa shape index (κ2) is 9.89. The smallest absolute Gasteiger partial charge is 0.302 e. The second-order valence-electron chi connectivity index (χ2n) is 2.96. The number of aliphatic hydroxyl groups is 1. The van der Waals surface area contributed by atoms with E-state index < -0.39 is 0 Å². The molecular formula is C10H19O5. The average Bonchev–Trinajstić information content (AvgIpc) is 2.17. The minimum absolute atomic E-state index is 0.0141. The van der Waals surface area contributed by atoms with Crippen LogP contribution in [0.3, 0.4) is 0 Å². The van der Waals surface area contributed by atoms with Crippen LogP contribution < -0.4 is 0 Å². The first-order chi connectivity index (χ1) is 7.16. The standard InChI is InChI=1S/C10H19O5/c1-9(3-5-15-10(2)12)14-8-7-13-6-4-11/h9,11H,1,3-8H2,2H3. The fourth-order valence-electron chi connectivity index (χ4n) is 0.858. The third kappa shape index (κ3) is 11.3. The van der Waals surface area contributed by atoms with Gasteiger partial charge in [-0.1, -0.05) is 0 Å². The quantitative estimate of drug-likeness (QED) is 0.442. The van der Waals surface area contributed by atoms with Crippen molar-refractivity contribution in [2.75, 3.05) is 33.0 Å². The Balaban J connectivity index is 3.18. The summed E-state index contributed by atoms with van der Waals surface area (Å²) in [6.45, 7) is 6.61. The molecule has 1 atom stereocenters. The van der Waals surface area contributed by atoms with Crippen LogP contribution in [0.25, 0.3) is 0 Å². The lowest BCUT2D eigenvalue weighted by molar-refractivity contribution is -0.141. The van der Waals surface area contributed by atoms with Crippen molar-refractivity contribution in [2.24, 2.45) is 0 Å². The van der Waals surface area contributed by atoms with Crippen molar-refractivity contribution in [3.63, 3.8) is 0 Å². The summed E-state index contributed by atoms with van der Waals surface area (Å²) in [5.74, 6) is -0.298. The molecule has 0 amide bonds. The lowest BCUT2D eigenvalue weighted by Crippen LogP contribution is -2.16. The highest BCUT2D eigenvalue weighted by molar-refractivity contribution is 5.65. The highest BCUT2D eigenvalue weighted by Gasteiger charge is 2.03. The van der Waals surface area contributed by atoms with Gasteiger partial charge in [0, 0.05) is 13.3 Å². The van der Waals surface area contributed by atoms with Crippen LogP contribution in [0.2, 0.25) is 0 Å². The van der Waals surface area contributed by atoms with Crippen LogP contribution in [0.15, 0.2) is 0 Å². The normalized spacial score (nSPS) is 12.5. The summed E-state index contributed by atoms with van der Waals surface area (Å²) in [5, 5.41) is 8.42. The molecular weight excluding hydrogens is 200 g/mol. The topological polar surface area (TPSA) is 65.0 Å². The van der Waals surface area contributed by atoms with Crippen molar-refractivity contribution in [3.8, 4) is 0 Å². The highest BCUT2D eigenvalue weighted by atomic mass is 16.5. The van der Waals surface area contributed by atoms with Crippen LogP contribution in [0.4, 0.5) is 0 Å². The Hall–Kier alpha value is -0.650. The Bertz CT molecular complexity index is 160. The maximum atomic E-state index is 10.4. The van der Waals surface area contributed by atoms with Gasteiger partial charge in [0.2, 0.25) is 0 Å². The van der Waals surface area contributed by atoms with E-state index in [2.05, 4.69) is 6.92 Å². The second-order valence-corrected chi connectivity index (χ2v) is 2.96. The van der Waals surface area contributed by atoms with Gasteiger partial charge in [-0.2, -0.15) is 0 Å².